The summed E-state index contributed by atoms with van der Waals surface area (Å²) in [5, 5.41) is 0. The molecule has 4 nitrogen and oxygen atoms in total. The van der Waals surface area contributed by atoms with Gasteiger partial charge in [0.05, 0.1) is 0 Å². The lowest BCUT2D eigenvalue weighted by atomic mass is 9.97. The SMILES string of the molecule is Cc1cnc(-c2nc(=S)c3c([nH]2)CCCC3)nc1. The summed E-state index contributed by atoms with van der Waals surface area (Å²) in [6.07, 6.45) is 8.07. The van der Waals surface area contributed by atoms with Crippen molar-refractivity contribution in [2.45, 2.75) is 32.6 Å². The maximum Gasteiger partial charge on any atom is 0.195 e. The molecular weight excluding hydrogens is 244 g/mol. The lowest BCUT2D eigenvalue weighted by molar-refractivity contribution is 0.660. The van der Waals surface area contributed by atoms with Gasteiger partial charge in [-0.3, -0.25) is 0 Å². The van der Waals surface area contributed by atoms with Crippen molar-refractivity contribution in [3.8, 4) is 11.6 Å². The van der Waals surface area contributed by atoms with Crippen LogP contribution in [-0.2, 0) is 12.8 Å². The third kappa shape index (κ3) is 2.06. The molecule has 18 heavy (non-hydrogen) atoms. The minimum Gasteiger partial charge on any atom is -0.340 e. The smallest absolute Gasteiger partial charge is 0.195 e. The molecule has 0 saturated heterocycles. The minimum absolute atomic E-state index is 0.611. The van der Waals surface area contributed by atoms with Crippen LogP contribution in [0.2, 0.25) is 0 Å². The van der Waals surface area contributed by atoms with Crippen molar-refractivity contribution >= 4 is 12.2 Å². The molecular formula is C13H14N4S. The Bertz CT molecular complexity index is 630. The fraction of sp³-hybridized carbons (Fsp3) is 0.385. The molecule has 0 unspecified atom stereocenters. The maximum absolute atomic E-state index is 5.37. The van der Waals surface area contributed by atoms with Crippen molar-refractivity contribution in [2.24, 2.45) is 0 Å². The monoisotopic (exact) mass is 258 g/mol. The summed E-state index contributed by atoms with van der Waals surface area (Å²) in [7, 11) is 0. The second kappa shape index (κ2) is 4.57. The zero-order chi connectivity index (χ0) is 12.5. The standard InChI is InChI=1S/C13H14N4S/c1-8-6-14-11(15-7-8)12-16-10-5-3-2-4-9(10)13(18)17-12/h6-7H,2-5H2,1H3,(H,16,17,18). The fourth-order valence-corrected chi connectivity index (χ4v) is 2.56. The van der Waals surface area contributed by atoms with Crippen molar-refractivity contribution in [3.05, 3.63) is 33.9 Å². The first-order valence-corrected chi connectivity index (χ1v) is 6.56. The van der Waals surface area contributed by atoms with E-state index in [1.807, 2.05) is 6.92 Å². The number of aromatic nitrogens is 4. The molecule has 5 heteroatoms. The molecule has 1 N–H and O–H groups in total. The van der Waals surface area contributed by atoms with Crippen molar-refractivity contribution in [1.29, 1.82) is 0 Å². The molecule has 0 amide bonds. The van der Waals surface area contributed by atoms with E-state index in [0.29, 0.717) is 16.3 Å². The molecule has 0 aliphatic heterocycles. The lowest BCUT2D eigenvalue weighted by Gasteiger charge is -2.15. The van der Waals surface area contributed by atoms with E-state index < -0.39 is 0 Å². The quantitative estimate of drug-likeness (QED) is 0.799. The lowest BCUT2D eigenvalue weighted by Crippen LogP contribution is -2.09. The third-order valence-electron chi connectivity index (χ3n) is 3.20. The van der Waals surface area contributed by atoms with Crippen LogP contribution in [0, 0.1) is 11.6 Å². The molecule has 0 atom stereocenters. The van der Waals surface area contributed by atoms with Gasteiger partial charge >= 0.3 is 0 Å². The highest BCUT2D eigenvalue weighted by molar-refractivity contribution is 7.71. The Morgan fingerprint density at radius 3 is 2.67 bits per heavy atom. The van der Waals surface area contributed by atoms with Gasteiger partial charge in [0.1, 0.15) is 4.64 Å². The summed E-state index contributed by atoms with van der Waals surface area (Å²) in [5.74, 6) is 1.29. The summed E-state index contributed by atoms with van der Waals surface area (Å²) < 4.78 is 0.697. The zero-order valence-electron chi connectivity index (χ0n) is 10.2. The van der Waals surface area contributed by atoms with E-state index in [9.17, 15) is 0 Å². The highest BCUT2D eigenvalue weighted by Gasteiger charge is 2.14. The van der Waals surface area contributed by atoms with Gasteiger partial charge in [0.25, 0.3) is 0 Å². The molecule has 2 heterocycles. The van der Waals surface area contributed by atoms with Gasteiger partial charge in [-0.05, 0) is 38.2 Å². The van der Waals surface area contributed by atoms with E-state index in [2.05, 4.69) is 19.9 Å². The number of aromatic amines is 1. The van der Waals surface area contributed by atoms with E-state index in [1.165, 1.54) is 24.1 Å². The first-order valence-electron chi connectivity index (χ1n) is 6.15. The average Bonchev–Trinajstić information content (AvgIpc) is 2.39. The second-order valence-electron chi connectivity index (χ2n) is 4.64. The van der Waals surface area contributed by atoms with Gasteiger partial charge in [-0.2, -0.15) is 0 Å². The van der Waals surface area contributed by atoms with E-state index in [-0.39, 0.29) is 0 Å². The second-order valence-corrected chi connectivity index (χ2v) is 5.03. The van der Waals surface area contributed by atoms with Crippen LogP contribution in [-0.4, -0.2) is 19.9 Å². The molecule has 2 aromatic heterocycles. The van der Waals surface area contributed by atoms with Gasteiger partial charge in [-0.25, -0.2) is 15.0 Å². The Kier molecular flexibility index (Phi) is 2.91. The number of nitrogens with zero attached hydrogens (tertiary/aromatic N) is 3. The van der Waals surface area contributed by atoms with Gasteiger partial charge in [0.15, 0.2) is 11.6 Å². The largest absolute Gasteiger partial charge is 0.340 e. The Morgan fingerprint density at radius 1 is 1.17 bits per heavy atom. The summed E-state index contributed by atoms with van der Waals surface area (Å²) in [5.41, 5.74) is 3.45. The van der Waals surface area contributed by atoms with Gasteiger partial charge in [0, 0.05) is 23.7 Å². The Labute approximate surface area is 111 Å². The van der Waals surface area contributed by atoms with Crippen LogP contribution in [0.5, 0.6) is 0 Å². The maximum atomic E-state index is 5.37. The Hall–Kier alpha value is -1.62. The number of hydrogen-bond donors (Lipinski definition) is 1. The summed E-state index contributed by atoms with van der Waals surface area (Å²) in [6.45, 7) is 1.96. The molecule has 3 rings (SSSR count). The Balaban J connectivity index is 2.11. The van der Waals surface area contributed by atoms with Crippen molar-refractivity contribution in [2.75, 3.05) is 0 Å². The van der Waals surface area contributed by atoms with Crippen LogP contribution in [0.3, 0.4) is 0 Å². The van der Waals surface area contributed by atoms with Crippen LogP contribution in [0.4, 0.5) is 0 Å². The molecule has 2 aromatic rings. The molecule has 0 saturated carbocycles. The van der Waals surface area contributed by atoms with Crippen LogP contribution >= 0.6 is 12.2 Å². The average molecular weight is 258 g/mol. The number of aryl methyl sites for hydroxylation is 2. The molecule has 1 aliphatic rings. The zero-order valence-corrected chi connectivity index (χ0v) is 11.0. The van der Waals surface area contributed by atoms with Crippen LogP contribution in [0.1, 0.15) is 29.7 Å². The minimum atomic E-state index is 0.611. The highest BCUT2D eigenvalue weighted by Crippen LogP contribution is 2.22. The van der Waals surface area contributed by atoms with Crippen LogP contribution in [0.25, 0.3) is 11.6 Å². The topological polar surface area (TPSA) is 54.5 Å². The third-order valence-corrected chi connectivity index (χ3v) is 3.54. The highest BCUT2D eigenvalue weighted by atomic mass is 32.1. The van der Waals surface area contributed by atoms with E-state index in [0.717, 1.165) is 18.4 Å². The van der Waals surface area contributed by atoms with E-state index >= 15 is 0 Å². The number of H-pyrrole nitrogens is 1. The van der Waals surface area contributed by atoms with Gasteiger partial charge in [-0.15, -0.1) is 0 Å². The molecule has 0 radical (unpaired) electrons. The van der Waals surface area contributed by atoms with Crippen molar-refractivity contribution in [1.82, 2.24) is 19.9 Å². The first-order chi connectivity index (χ1) is 8.74. The summed E-state index contributed by atoms with van der Waals surface area (Å²) in [6, 6.07) is 0. The molecule has 0 aromatic carbocycles. The van der Waals surface area contributed by atoms with Gasteiger partial charge in [-0.1, -0.05) is 12.2 Å². The predicted octanol–water partition coefficient (Wildman–Crippen LogP) is 2.78. The molecule has 0 fully saturated rings. The molecule has 0 spiro atoms. The Morgan fingerprint density at radius 2 is 1.89 bits per heavy atom. The van der Waals surface area contributed by atoms with Crippen molar-refractivity contribution in [3.63, 3.8) is 0 Å². The van der Waals surface area contributed by atoms with E-state index in [4.69, 9.17) is 12.2 Å². The van der Waals surface area contributed by atoms with Gasteiger partial charge in [0.2, 0.25) is 0 Å². The normalized spacial score (nSPS) is 14.3. The fourth-order valence-electron chi connectivity index (χ4n) is 2.24. The molecule has 0 bridgehead atoms. The van der Waals surface area contributed by atoms with Crippen molar-refractivity contribution < 1.29 is 0 Å². The van der Waals surface area contributed by atoms with Gasteiger partial charge < -0.3 is 4.98 Å². The predicted molar refractivity (Wildman–Crippen MR) is 71.8 cm³/mol. The molecule has 92 valence electrons. The number of fused-ring (bicyclic) bond motifs is 1. The van der Waals surface area contributed by atoms with E-state index in [1.54, 1.807) is 12.4 Å². The summed E-state index contributed by atoms with van der Waals surface area (Å²) >= 11 is 5.37. The number of nitrogens with one attached hydrogen (secondary N) is 1. The van der Waals surface area contributed by atoms with Crippen LogP contribution < -0.4 is 0 Å². The first kappa shape index (κ1) is 11.5. The summed E-state index contributed by atoms with van der Waals surface area (Å²) in [4.78, 5) is 16.3. The number of hydrogen-bond acceptors (Lipinski definition) is 4. The molecule has 1 aliphatic carbocycles. The van der Waals surface area contributed by atoms with Crippen LogP contribution in [0.15, 0.2) is 12.4 Å². The number of rotatable bonds is 1.